The monoisotopic (exact) mass is 281 g/mol. The van der Waals surface area contributed by atoms with E-state index in [1.54, 1.807) is 0 Å². The smallest absolute Gasteiger partial charge is 0.0580 e. The molecule has 0 aromatic heterocycles. The standard InChI is InChI=1S/C18H35NO/c1-3-8-15-10-11-18(20)16(13-15)14-19-12-7-5-6-9-17(19)4-2/h15-18,20H,3-14H2,1-2H3. The van der Waals surface area contributed by atoms with Crippen LogP contribution in [0.25, 0.3) is 0 Å². The summed E-state index contributed by atoms with van der Waals surface area (Å²) in [5, 5.41) is 10.4. The van der Waals surface area contributed by atoms with Gasteiger partial charge in [0.2, 0.25) is 0 Å². The van der Waals surface area contributed by atoms with Crippen molar-refractivity contribution in [1.29, 1.82) is 0 Å². The van der Waals surface area contributed by atoms with Crippen molar-refractivity contribution < 1.29 is 5.11 Å². The molecule has 2 rings (SSSR count). The summed E-state index contributed by atoms with van der Waals surface area (Å²) < 4.78 is 0. The van der Waals surface area contributed by atoms with Crippen LogP contribution in [0.1, 0.15) is 78.1 Å². The lowest BCUT2D eigenvalue weighted by Gasteiger charge is -2.39. The average Bonchev–Trinajstić information content (AvgIpc) is 2.68. The third kappa shape index (κ3) is 4.46. The second-order valence-electron chi connectivity index (χ2n) is 7.20. The van der Waals surface area contributed by atoms with Gasteiger partial charge in [0.05, 0.1) is 6.10 Å². The van der Waals surface area contributed by atoms with E-state index >= 15 is 0 Å². The number of nitrogens with zero attached hydrogens (tertiary/aromatic N) is 1. The molecule has 4 unspecified atom stereocenters. The quantitative estimate of drug-likeness (QED) is 0.815. The summed E-state index contributed by atoms with van der Waals surface area (Å²) in [4.78, 5) is 2.72. The summed E-state index contributed by atoms with van der Waals surface area (Å²) in [6.45, 7) is 7.04. The summed E-state index contributed by atoms with van der Waals surface area (Å²) in [6, 6.07) is 0.774. The van der Waals surface area contributed by atoms with Gasteiger partial charge in [0.25, 0.3) is 0 Å². The van der Waals surface area contributed by atoms with Gasteiger partial charge in [-0.25, -0.2) is 0 Å². The summed E-state index contributed by atoms with van der Waals surface area (Å²) >= 11 is 0. The van der Waals surface area contributed by atoms with Gasteiger partial charge in [-0.3, -0.25) is 0 Å². The van der Waals surface area contributed by atoms with Crippen LogP contribution in [0.5, 0.6) is 0 Å². The van der Waals surface area contributed by atoms with Crippen molar-refractivity contribution in [3.63, 3.8) is 0 Å². The molecule has 0 amide bonds. The first-order chi connectivity index (χ1) is 9.74. The lowest BCUT2D eigenvalue weighted by atomic mass is 9.77. The van der Waals surface area contributed by atoms with Crippen LogP contribution in [0.4, 0.5) is 0 Å². The Morgan fingerprint density at radius 2 is 1.90 bits per heavy atom. The molecule has 1 heterocycles. The molecule has 0 aromatic carbocycles. The molecule has 1 saturated heterocycles. The fourth-order valence-electron chi connectivity index (χ4n) is 4.45. The van der Waals surface area contributed by atoms with E-state index in [0.717, 1.165) is 24.9 Å². The zero-order valence-corrected chi connectivity index (χ0v) is 13.7. The van der Waals surface area contributed by atoms with E-state index in [1.165, 1.54) is 64.3 Å². The van der Waals surface area contributed by atoms with Gasteiger partial charge < -0.3 is 10.0 Å². The highest BCUT2D eigenvalue weighted by Gasteiger charge is 2.31. The van der Waals surface area contributed by atoms with E-state index in [4.69, 9.17) is 0 Å². The van der Waals surface area contributed by atoms with Crippen molar-refractivity contribution in [2.45, 2.75) is 90.2 Å². The largest absolute Gasteiger partial charge is 0.393 e. The van der Waals surface area contributed by atoms with Gasteiger partial charge in [0.1, 0.15) is 0 Å². The van der Waals surface area contributed by atoms with Crippen LogP contribution in [-0.2, 0) is 0 Å². The lowest BCUT2D eigenvalue weighted by molar-refractivity contribution is 0.0172. The molecule has 4 atom stereocenters. The van der Waals surface area contributed by atoms with Crippen molar-refractivity contribution >= 4 is 0 Å². The molecule has 2 fully saturated rings. The number of aliphatic hydroxyl groups is 1. The second-order valence-corrected chi connectivity index (χ2v) is 7.20. The normalized spacial score (nSPS) is 36.8. The van der Waals surface area contributed by atoms with Crippen LogP contribution in [0, 0.1) is 11.8 Å². The minimum absolute atomic E-state index is 0.0381. The summed E-state index contributed by atoms with van der Waals surface area (Å²) in [5.74, 6) is 1.41. The predicted molar refractivity (Wildman–Crippen MR) is 85.9 cm³/mol. The molecule has 1 aliphatic heterocycles. The van der Waals surface area contributed by atoms with Crippen molar-refractivity contribution in [2.24, 2.45) is 11.8 Å². The molecule has 1 N–H and O–H groups in total. The SMILES string of the molecule is CCCC1CCC(O)C(CN2CCCCCC2CC)C1. The zero-order valence-electron chi connectivity index (χ0n) is 13.7. The van der Waals surface area contributed by atoms with Gasteiger partial charge in [-0.2, -0.15) is 0 Å². The topological polar surface area (TPSA) is 23.5 Å². The highest BCUT2D eigenvalue weighted by Crippen LogP contribution is 2.34. The van der Waals surface area contributed by atoms with Gasteiger partial charge >= 0.3 is 0 Å². The van der Waals surface area contributed by atoms with Gasteiger partial charge in [-0.15, -0.1) is 0 Å². The molecular weight excluding hydrogens is 246 g/mol. The summed E-state index contributed by atoms with van der Waals surface area (Å²) in [6.07, 6.45) is 13.0. The third-order valence-corrected chi connectivity index (χ3v) is 5.69. The first kappa shape index (κ1) is 16.3. The maximum absolute atomic E-state index is 10.4. The molecule has 0 bridgehead atoms. The highest BCUT2D eigenvalue weighted by atomic mass is 16.3. The predicted octanol–water partition coefficient (Wildman–Crippen LogP) is 4.22. The van der Waals surface area contributed by atoms with E-state index in [9.17, 15) is 5.11 Å². The number of aliphatic hydroxyl groups excluding tert-OH is 1. The third-order valence-electron chi connectivity index (χ3n) is 5.69. The summed E-state index contributed by atoms with van der Waals surface area (Å²) in [7, 11) is 0. The minimum Gasteiger partial charge on any atom is -0.393 e. The molecule has 1 saturated carbocycles. The lowest BCUT2D eigenvalue weighted by Crippen LogP contribution is -2.43. The van der Waals surface area contributed by atoms with Gasteiger partial charge in [0, 0.05) is 12.6 Å². The van der Waals surface area contributed by atoms with Crippen molar-refractivity contribution in [3.05, 3.63) is 0 Å². The van der Waals surface area contributed by atoms with Crippen molar-refractivity contribution in [1.82, 2.24) is 4.90 Å². The fraction of sp³-hybridized carbons (Fsp3) is 1.00. The Morgan fingerprint density at radius 1 is 1.05 bits per heavy atom. The zero-order chi connectivity index (χ0) is 14.4. The molecule has 20 heavy (non-hydrogen) atoms. The first-order valence-electron chi connectivity index (χ1n) is 9.16. The number of hydrogen-bond acceptors (Lipinski definition) is 2. The van der Waals surface area contributed by atoms with Crippen LogP contribution in [0.3, 0.4) is 0 Å². The van der Waals surface area contributed by atoms with Crippen LogP contribution in [0.2, 0.25) is 0 Å². The summed E-state index contributed by atoms with van der Waals surface area (Å²) in [5.41, 5.74) is 0. The van der Waals surface area contributed by atoms with Crippen molar-refractivity contribution in [2.75, 3.05) is 13.1 Å². The Morgan fingerprint density at radius 3 is 2.65 bits per heavy atom. The Kier molecular flexibility index (Phi) is 6.83. The van der Waals surface area contributed by atoms with E-state index in [0.29, 0.717) is 5.92 Å². The molecule has 1 aliphatic carbocycles. The molecule has 0 aromatic rings. The van der Waals surface area contributed by atoms with E-state index in [-0.39, 0.29) is 6.10 Å². The molecular formula is C18H35NO. The van der Waals surface area contributed by atoms with E-state index < -0.39 is 0 Å². The molecule has 118 valence electrons. The van der Waals surface area contributed by atoms with Gasteiger partial charge in [0.15, 0.2) is 0 Å². The van der Waals surface area contributed by atoms with Crippen LogP contribution >= 0.6 is 0 Å². The Balaban J connectivity index is 1.91. The Bertz CT molecular complexity index is 268. The van der Waals surface area contributed by atoms with Crippen LogP contribution in [0.15, 0.2) is 0 Å². The maximum atomic E-state index is 10.4. The highest BCUT2D eigenvalue weighted by molar-refractivity contribution is 4.84. The van der Waals surface area contributed by atoms with E-state index in [2.05, 4.69) is 18.7 Å². The molecule has 2 nitrogen and oxygen atoms in total. The maximum Gasteiger partial charge on any atom is 0.0580 e. The van der Waals surface area contributed by atoms with Crippen LogP contribution in [-0.4, -0.2) is 35.2 Å². The first-order valence-corrected chi connectivity index (χ1v) is 9.16. The minimum atomic E-state index is -0.0381. The number of rotatable bonds is 5. The van der Waals surface area contributed by atoms with Gasteiger partial charge in [-0.05, 0) is 56.9 Å². The second kappa shape index (κ2) is 8.38. The molecule has 0 radical (unpaired) electrons. The molecule has 2 aliphatic rings. The molecule has 2 heteroatoms. The number of likely N-dealkylation sites (tertiary alicyclic amines) is 1. The fourth-order valence-corrected chi connectivity index (χ4v) is 4.45. The average molecular weight is 281 g/mol. The number of hydrogen-bond donors (Lipinski definition) is 1. The molecule has 0 spiro atoms. The Hall–Kier alpha value is -0.0800. The Labute approximate surface area is 125 Å². The van der Waals surface area contributed by atoms with E-state index in [1.807, 2.05) is 0 Å². The van der Waals surface area contributed by atoms with Crippen molar-refractivity contribution in [3.8, 4) is 0 Å². The van der Waals surface area contributed by atoms with Gasteiger partial charge in [-0.1, -0.05) is 39.5 Å². The van der Waals surface area contributed by atoms with Crippen LogP contribution < -0.4 is 0 Å².